The van der Waals surface area contributed by atoms with Gasteiger partial charge in [-0.2, -0.15) is 0 Å². The van der Waals surface area contributed by atoms with Crippen molar-refractivity contribution < 1.29 is 9.59 Å². The highest BCUT2D eigenvalue weighted by Crippen LogP contribution is 2.21. The zero-order valence-electron chi connectivity index (χ0n) is 16.8. The molecular formula is C22H29N3O2. The third-order valence-electron chi connectivity index (χ3n) is 4.59. The highest BCUT2D eigenvalue weighted by Gasteiger charge is 2.14. The van der Waals surface area contributed by atoms with Crippen molar-refractivity contribution in [3.8, 4) is 11.1 Å². The van der Waals surface area contributed by atoms with Crippen LogP contribution in [0, 0.1) is 0 Å². The summed E-state index contributed by atoms with van der Waals surface area (Å²) in [6.45, 7) is 11.6. The minimum Gasteiger partial charge on any atom is -0.351 e. The highest BCUT2D eigenvalue weighted by atomic mass is 16.1. The number of hydrogen-bond donors (Lipinski definition) is 1. The molecule has 2 rings (SSSR count). The number of benzene rings is 1. The van der Waals surface area contributed by atoms with E-state index in [1.54, 1.807) is 25.4 Å². The molecule has 1 aromatic heterocycles. The molecule has 5 heteroatoms. The number of carbonyl (C=O) groups is 2. The Kier molecular flexibility index (Phi) is 7.25. The van der Waals surface area contributed by atoms with Gasteiger partial charge in [0, 0.05) is 48.7 Å². The Balaban J connectivity index is 2.07. The van der Waals surface area contributed by atoms with Gasteiger partial charge in [-0.05, 0) is 52.3 Å². The van der Waals surface area contributed by atoms with E-state index in [9.17, 15) is 9.59 Å². The molecule has 1 amide bonds. The predicted molar refractivity (Wildman–Crippen MR) is 109 cm³/mol. The van der Waals surface area contributed by atoms with Crippen molar-refractivity contribution in [2.24, 2.45) is 0 Å². The first kappa shape index (κ1) is 20.8. The second-order valence-electron chi connectivity index (χ2n) is 7.28. The topological polar surface area (TPSA) is 62.3 Å². The maximum Gasteiger partial charge on any atom is 0.252 e. The van der Waals surface area contributed by atoms with E-state index in [1.165, 1.54) is 0 Å². The molecule has 27 heavy (non-hydrogen) atoms. The molecule has 0 fully saturated rings. The van der Waals surface area contributed by atoms with E-state index in [-0.39, 0.29) is 11.7 Å². The van der Waals surface area contributed by atoms with Crippen LogP contribution in [0.5, 0.6) is 0 Å². The number of rotatable bonds is 8. The Morgan fingerprint density at radius 2 is 1.67 bits per heavy atom. The summed E-state index contributed by atoms with van der Waals surface area (Å²) in [7, 11) is 0. The number of Topliss-reactive ketones (excluding diaryl/α,β-unsaturated/α-hetero) is 1. The molecule has 1 aromatic carbocycles. The molecule has 0 aliphatic heterocycles. The van der Waals surface area contributed by atoms with Crippen LogP contribution in [0.1, 0.15) is 55.3 Å². The quantitative estimate of drug-likeness (QED) is 0.721. The van der Waals surface area contributed by atoms with Gasteiger partial charge in [-0.1, -0.05) is 18.2 Å². The number of ketones is 1. The van der Waals surface area contributed by atoms with Crippen molar-refractivity contribution >= 4 is 11.7 Å². The number of carbonyl (C=O) groups excluding carboxylic acids is 2. The molecular weight excluding hydrogens is 338 g/mol. The summed E-state index contributed by atoms with van der Waals surface area (Å²) in [6, 6.07) is 10.0. The maximum absolute atomic E-state index is 12.5. The van der Waals surface area contributed by atoms with Crippen LogP contribution in [0.4, 0.5) is 0 Å². The molecule has 5 nitrogen and oxygen atoms in total. The lowest BCUT2D eigenvalue weighted by Gasteiger charge is -2.30. The Hall–Kier alpha value is -2.53. The van der Waals surface area contributed by atoms with Crippen molar-refractivity contribution in [2.45, 2.75) is 46.7 Å². The fraction of sp³-hybridized carbons (Fsp3) is 0.409. The minimum atomic E-state index is -0.139. The second-order valence-corrected chi connectivity index (χ2v) is 7.28. The van der Waals surface area contributed by atoms with E-state index >= 15 is 0 Å². The van der Waals surface area contributed by atoms with Gasteiger partial charge < -0.3 is 5.32 Å². The molecule has 0 unspecified atom stereocenters. The molecule has 144 valence electrons. The second kappa shape index (κ2) is 9.42. The van der Waals surface area contributed by atoms with Crippen LogP contribution in [-0.2, 0) is 0 Å². The van der Waals surface area contributed by atoms with Crippen LogP contribution in [0.15, 0.2) is 42.7 Å². The smallest absolute Gasteiger partial charge is 0.252 e. The third-order valence-corrected chi connectivity index (χ3v) is 4.59. The van der Waals surface area contributed by atoms with Crippen LogP contribution in [0.3, 0.4) is 0 Å². The zero-order valence-corrected chi connectivity index (χ0v) is 16.8. The van der Waals surface area contributed by atoms with Gasteiger partial charge in [-0.25, -0.2) is 0 Å². The molecule has 0 spiro atoms. The maximum atomic E-state index is 12.5. The normalized spacial score (nSPS) is 11.3. The van der Waals surface area contributed by atoms with Crippen LogP contribution in [0.2, 0.25) is 0 Å². The Labute approximate surface area is 161 Å². The van der Waals surface area contributed by atoms with E-state index in [2.05, 4.69) is 42.9 Å². The number of nitrogens with zero attached hydrogens (tertiary/aromatic N) is 2. The first-order valence-electron chi connectivity index (χ1n) is 9.40. The van der Waals surface area contributed by atoms with Crippen molar-refractivity contribution in [1.82, 2.24) is 15.2 Å². The summed E-state index contributed by atoms with van der Waals surface area (Å²) in [5.74, 6) is -0.127. The predicted octanol–water partition coefficient (Wildman–Crippen LogP) is 3.80. The van der Waals surface area contributed by atoms with Crippen LogP contribution < -0.4 is 5.32 Å². The van der Waals surface area contributed by atoms with Gasteiger partial charge in [0.2, 0.25) is 0 Å². The molecule has 0 radical (unpaired) electrons. The fourth-order valence-corrected chi connectivity index (χ4v) is 3.15. The van der Waals surface area contributed by atoms with Crippen LogP contribution in [0.25, 0.3) is 11.1 Å². The van der Waals surface area contributed by atoms with Gasteiger partial charge in [0.1, 0.15) is 0 Å². The van der Waals surface area contributed by atoms with Crippen LogP contribution >= 0.6 is 0 Å². The monoisotopic (exact) mass is 367 g/mol. The number of hydrogen-bond acceptors (Lipinski definition) is 4. The minimum absolute atomic E-state index is 0.0126. The summed E-state index contributed by atoms with van der Waals surface area (Å²) >= 11 is 0. The lowest BCUT2D eigenvalue weighted by Crippen LogP contribution is -2.42. The SMILES string of the molecule is CC(=O)c1cccc(-c2cncc(C(=O)NCCN(C(C)C)C(C)C)c2)c1. The average molecular weight is 367 g/mol. The van der Waals surface area contributed by atoms with Gasteiger partial charge in [0.15, 0.2) is 5.78 Å². The number of nitrogens with one attached hydrogen (secondary N) is 1. The number of amides is 1. The molecule has 1 N–H and O–H groups in total. The van der Waals surface area contributed by atoms with Crippen molar-refractivity contribution in [1.29, 1.82) is 0 Å². The Morgan fingerprint density at radius 1 is 1.00 bits per heavy atom. The van der Waals surface area contributed by atoms with Crippen molar-refractivity contribution in [3.63, 3.8) is 0 Å². The number of pyridine rings is 1. The van der Waals surface area contributed by atoms with Gasteiger partial charge in [0.25, 0.3) is 5.91 Å². The summed E-state index contributed by atoms with van der Waals surface area (Å²) in [5.41, 5.74) is 2.85. The third kappa shape index (κ3) is 5.73. The van der Waals surface area contributed by atoms with E-state index in [0.29, 0.717) is 29.8 Å². The molecule has 0 aliphatic carbocycles. The lowest BCUT2D eigenvalue weighted by molar-refractivity contribution is 0.0938. The summed E-state index contributed by atoms with van der Waals surface area (Å²) < 4.78 is 0. The van der Waals surface area contributed by atoms with Crippen molar-refractivity contribution in [2.75, 3.05) is 13.1 Å². The largest absolute Gasteiger partial charge is 0.351 e. The summed E-state index contributed by atoms with van der Waals surface area (Å²) in [4.78, 5) is 30.6. The zero-order chi connectivity index (χ0) is 20.0. The van der Waals surface area contributed by atoms with Crippen molar-refractivity contribution in [3.05, 3.63) is 53.9 Å². The molecule has 0 saturated carbocycles. The highest BCUT2D eigenvalue weighted by molar-refractivity contribution is 5.96. The first-order chi connectivity index (χ1) is 12.8. The van der Waals surface area contributed by atoms with E-state index in [4.69, 9.17) is 0 Å². The van der Waals surface area contributed by atoms with Gasteiger partial charge in [-0.3, -0.25) is 19.5 Å². The number of aromatic nitrogens is 1. The molecule has 0 saturated heterocycles. The standard InChI is InChI=1S/C22H29N3O2/c1-15(2)25(16(3)4)10-9-24-22(27)21-12-20(13-23-14-21)19-8-6-7-18(11-19)17(5)26/h6-8,11-16H,9-10H2,1-5H3,(H,24,27). The average Bonchev–Trinajstić information content (AvgIpc) is 2.64. The lowest BCUT2D eigenvalue weighted by atomic mass is 10.0. The first-order valence-corrected chi connectivity index (χ1v) is 9.40. The summed E-state index contributed by atoms with van der Waals surface area (Å²) in [6.07, 6.45) is 3.27. The van der Waals surface area contributed by atoms with Gasteiger partial charge >= 0.3 is 0 Å². The molecule has 2 aromatic rings. The van der Waals surface area contributed by atoms with E-state index in [0.717, 1.165) is 17.7 Å². The van der Waals surface area contributed by atoms with Gasteiger partial charge in [0.05, 0.1) is 5.56 Å². The van der Waals surface area contributed by atoms with Crippen LogP contribution in [-0.4, -0.2) is 46.7 Å². The summed E-state index contributed by atoms with van der Waals surface area (Å²) in [5, 5.41) is 2.97. The molecule has 1 heterocycles. The molecule has 0 aliphatic rings. The Morgan fingerprint density at radius 3 is 2.30 bits per heavy atom. The molecule has 0 atom stereocenters. The van der Waals surface area contributed by atoms with Gasteiger partial charge in [-0.15, -0.1) is 0 Å². The molecule has 0 bridgehead atoms. The van der Waals surface area contributed by atoms with E-state index in [1.807, 2.05) is 24.3 Å². The fourth-order valence-electron chi connectivity index (χ4n) is 3.15. The van der Waals surface area contributed by atoms with E-state index < -0.39 is 0 Å². The Bertz CT molecular complexity index is 792.